The number of hydrogen-bond acceptors (Lipinski definition) is 4. The Morgan fingerprint density at radius 3 is 2.55 bits per heavy atom. The van der Waals surface area contributed by atoms with Crippen LogP contribution in [0, 0.1) is 5.82 Å². The Bertz CT molecular complexity index is 1280. The highest BCUT2D eigenvalue weighted by molar-refractivity contribution is 5.98. The lowest BCUT2D eigenvalue weighted by atomic mass is 10.1. The van der Waals surface area contributed by atoms with Gasteiger partial charge in [0.25, 0.3) is 5.91 Å². The Morgan fingerprint density at radius 1 is 1.00 bits per heavy atom. The van der Waals surface area contributed by atoms with E-state index in [1.165, 1.54) is 12.1 Å². The predicted octanol–water partition coefficient (Wildman–Crippen LogP) is 4.19. The maximum atomic E-state index is 13.2. The summed E-state index contributed by atoms with van der Waals surface area (Å²) < 4.78 is 20.4. The Kier molecular flexibility index (Phi) is 5.69. The summed E-state index contributed by atoms with van der Waals surface area (Å²) in [6, 6.07) is 20.1. The summed E-state index contributed by atoms with van der Waals surface area (Å²) >= 11 is 0. The fourth-order valence-electron chi connectivity index (χ4n) is 4.25. The molecule has 1 aliphatic heterocycles. The van der Waals surface area contributed by atoms with Crippen molar-refractivity contribution in [2.24, 2.45) is 0 Å². The smallest absolute Gasteiger partial charge is 0.254 e. The number of carbonyl (C=O) groups excluding carboxylic acids is 1. The van der Waals surface area contributed by atoms with Crippen molar-refractivity contribution in [3.8, 4) is 5.75 Å². The van der Waals surface area contributed by atoms with Crippen LogP contribution in [-0.2, 0) is 6.54 Å². The molecule has 0 aliphatic carbocycles. The van der Waals surface area contributed by atoms with Gasteiger partial charge in [-0.1, -0.05) is 24.3 Å². The number of methoxy groups -OCH3 is 1. The number of nitrogens with zero attached hydrogens (tertiary/aromatic N) is 4. The molecule has 0 unspecified atom stereocenters. The Hall–Kier alpha value is -3.87. The molecule has 6 nitrogen and oxygen atoms in total. The quantitative estimate of drug-likeness (QED) is 0.463. The molecule has 168 valence electrons. The summed E-state index contributed by atoms with van der Waals surface area (Å²) in [7, 11) is 1.66. The molecule has 33 heavy (non-hydrogen) atoms. The number of ether oxygens (including phenoxy) is 1. The number of piperazine rings is 1. The van der Waals surface area contributed by atoms with Crippen molar-refractivity contribution in [2.45, 2.75) is 6.54 Å². The van der Waals surface area contributed by atoms with Gasteiger partial charge in [0.05, 0.1) is 25.4 Å². The topological polar surface area (TPSA) is 50.6 Å². The molecule has 1 saturated heterocycles. The summed E-state index contributed by atoms with van der Waals surface area (Å²) in [6.45, 7) is 3.36. The molecule has 0 bridgehead atoms. The molecule has 4 aromatic rings. The third-order valence-electron chi connectivity index (χ3n) is 6.12. The van der Waals surface area contributed by atoms with Gasteiger partial charge in [0.1, 0.15) is 11.6 Å². The van der Waals surface area contributed by atoms with Gasteiger partial charge in [-0.3, -0.25) is 9.48 Å². The number of anilines is 1. The summed E-state index contributed by atoms with van der Waals surface area (Å²) in [5.41, 5.74) is 3.60. The summed E-state index contributed by atoms with van der Waals surface area (Å²) in [6.07, 6.45) is 1.79. The van der Waals surface area contributed by atoms with Gasteiger partial charge in [-0.25, -0.2) is 4.39 Å². The van der Waals surface area contributed by atoms with Crippen molar-refractivity contribution in [2.75, 3.05) is 38.2 Å². The molecule has 0 N–H and O–H groups in total. The molecule has 1 fully saturated rings. The van der Waals surface area contributed by atoms with Crippen LogP contribution in [0.3, 0.4) is 0 Å². The maximum Gasteiger partial charge on any atom is 0.254 e. The zero-order valence-electron chi connectivity index (χ0n) is 18.4. The van der Waals surface area contributed by atoms with Gasteiger partial charge in [-0.05, 0) is 42.0 Å². The predicted molar refractivity (Wildman–Crippen MR) is 126 cm³/mol. The molecule has 7 heteroatoms. The SMILES string of the molecule is COc1cccc(N2CCN(C(=O)c3ccc4cnn(Cc5ccc(F)cc5)c4c3)CC2)c1. The van der Waals surface area contributed by atoms with E-state index in [1.807, 2.05) is 46.0 Å². The number of rotatable bonds is 5. The monoisotopic (exact) mass is 444 g/mol. The minimum absolute atomic E-state index is 0.0247. The van der Waals surface area contributed by atoms with Crippen molar-refractivity contribution in [3.05, 3.63) is 89.9 Å². The van der Waals surface area contributed by atoms with E-state index < -0.39 is 0 Å². The Morgan fingerprint density at radius 2 is 1.79 bits per heavy atom. The molecule has 2 heterocycles. The van der Waals surface area contributed by atoms with E-state index in [4.69, 9.17) is 4.74 Å². The second-order valence-electron chi connectivity index (χ2n) is 8.18. The van der Waals surface area contributed by atoms with Gasteiger partial charge in [0.15, 0.2) is 0 Å². The zero-order chi connectivity index (χ0) is 22.8. The van der Waals surface area contributed by atoms with Crippen molar-refractivity contribution in [1.82, 2.24) is 14.7 Å². The van der Waals surface area contributed by atoms with Crippen LogP contribution in [0.4, 0.5) is 10.1 Å². The van der Waals surface area contributed by atoms with E-state index in [0.717, 1.165) is 41.0 Å². The molecule has 1 aromatic heterocycles. The molecular formula is C26H25FN4O2. The largest absolute Gasteiger partial charge is 0.497 e. The van der Waals surface area contributed by atoms with Gasteiger partial charge in [0, 0.05) is 48.9 Å². The van der Waals surface area contributed by atoms with Crippen LogP contribution in [0.5, 0.6) is 5.75 Å². The van der Waals surface area contributed by atoms with Crippen LogP contribution < -0.4 is 9.64 Å². The van der Waals surface area contributed by atoms with E-state index >= 15 is 0 Å². The number of aromatic nitrogens is 2. The van der Waals surface area contributed by atoms with Crippen molar-refractivity contribution in [1.29, 1.82) is 0 Å². The molecule has 3 aromatic carbocycles. The van der Waals surface area contributed by atoms with E-state index in [2.05, 4.69) is 16.1 Å². The second kappa shape index (κ2) is 8.94. The standard InChI is InChI=1S/C26H25FN4O2/c1-33-24-4-2-3-23(16-24)29-11-13-30(14-12-29)26(32)20-7-8-21-17-28-31(25(21)15-20)18-19-5-9-22(27)10-6-19/h2-10,15-17H,11-14,18H2,1H3. The lowest BCUT2D eigenvalue weighted by Gasteiger charge is -2.36. The average molecular weight is 445 g/mol. The van der Waals surface area contributed by atoms with E-state index in [1.54, 1.807) is 25.4 Å². The molecule has 5 rings (SSSR count). The third-order valence-corrected chi connectivity index (χ3v) is 6.12. The van der Waals surface area contributed by atoms with Crippen LogP contribution in [0.2, 0.25) is 0 Å². The maximum absolute atomic E-state index is 13.2. The Labute approximate surface area is 191 Å². The molecule has 1 aliphatic rings. The fraction of sp³-hybridized carbons (Fsp3) is 0.231. The van der Waals surface area contributed by atoms with Gasteiger partial charge >= 0.3 is 0 Å². The van der Waals surface area contributed by atoms with Crippen LogP contribution in [0.1, 0.15) is 15.9 Å². The number of halogens is 1. The summed E-state index contributed by atoms with van der Waals surface area (Å²) in [5, 5.41) is 5.43. The third kappa shape index (κ3) is 4.39. The normalized spacial score (nSPS) is 14.0. The average Bonchev–Trinajstić information content (AvgIpc) is 3.27. The number of fused-ring (bicyclic) bond motifs is 1. The molecule has 0 spiro atoms. The van der Waals surface area contributed by atoms with Crippen LogP contribution >= 0.6 is 0 Å². The van der Waals surface area contributed by atoms with Crippen molar-refractivity contribution in [3.63, 3.8) is 0 Å². The lowest BCUT2D eigenvalue weighted by Crippen LogP contribution is -2.48. The highest BCUT2D eigenvalue weighted by Crippen LogP contribution is 2.23. The minimum Gasteiger partial charge on any atom is -0.497 e. The lowest BCUT2D eigenvalue weighted by molar-refractivity contribution is 0.0747. The van der Waals surface area contributed by atoms with E-state index in [0.29, 0.717) is 25.2 Å². The van der Waals surface area contributed by atoms with Crippen molar-refractivity contribution >= 4 is 22.5 Å². The van der Waals surface area contributed by atoms with Gasteiger partial charge in [0.2, 0.25) is 0 Å². The first-order chi connectivity index (χ1) is 16.1. The number of amides is 1. The first kappa shape index (κ1) is 21.0. The van der Waals surface area contributed by atoms with Crippen LogP contribution in [0.15, 0.2) is 72.9 Å². The number of carbonyl (C=O) groups is 1. The molecule has 0 saturated carbocycles. The van der Waals surface area contributed by atoms with Gasteiger partial charge in [-0.2, -0.15) is 5.10 Å². The first-order valence-corrected chi connectivity index (χ1v) is 11.0. The number of hydrogen-bond donors (Lipinski definition) is 0. The second-order valence-corrected chi connectivity index (χ2v) is 8.18. The van der Waals surface area contributed by atoms with Crippen LogP contribution in [0.25, 0.3) is 10.9 Å². The van der Waals surface area contributed by atoms with Gasteiger partial charge in [-0.15, -0.1) is 0 Å². The minimum atomic E-state index is -0.261. The first-order valence-electron chi connectivity index (χ1n) is 11.0. The van der Waals surface area contributed by atoms with E-state index in [9.17, 15) is 9.18 Å². The Balaban J connectivity index is 1.30. The van der Waals surface area contributed by atoms with Crippen LogP contribution in [-0.4, -0.2) is 53.9 Å². The fourth-order valence-corrected chi connectivity index (χ4v) is 4.25. The molecular weight excluding hydrogens is 419 g/mol. The molecule has 1 amide bonds. The molecule has 0 radical (unpaired) electrons. The van der Waals surface area contributed by atoms with Crippen molar-refractivity contribution < 1.29 is 13.9 Å². The summed E-state index contributed by atoms with van der Waals surface area (Å²) in [4.78, 5) is 17.4. The summed E-state index contributed by atoms with van der Waals surface area (Å²) in [5.74, 6) is 0.594. The number of benzene rings is 3. The van der Waals surface area contributed by atoms with Gasteiger partial charge < -0.3 is 14.5 Å². The zero-order valence-corrected chi connectivity index (χ0v) is 18.4. The highest BCUT2D eigenvalue weighted by atomic mass is 19.1. The highest BCUT2D eigenvalue weighted by Gasteiger charge is 2.23. The van der Waals surface area contributed by atoms with E-state index in [-0.39, 0.29) is 11.7 Å². The molecule has 0 atom stereocenters.